The maximum Gasteiger partial charge on any atom is 0.355 e. The average Bonchev–Trinajstić information content (AvgIpc) is 2.95. The summed E-state index contributed by atoms with van der Waals surface area (Å²) >= 11 is 1.22. The second-order valence-electron chi connectivity index (χ2n) is 5.05. The summed E-state index contributed by atoms with van der Waals surface area (Å²) in [5.41, 5.74) is 0.0111. The van der Waals surface area contributed by atoms with Crippen molar-refractivity contribution in [2.75, 3.05) is 26.8 Å². The Morgan fingerprint density at radius 3 is 3.05 bits per heavy atom. The van der Waals surface area contributed by atoms with Crippen molar-refractivity contribution in [3.63, 3.8) is 0 Å². The molecule has 7 nitrogen and oxygen atoms in total. The Labute approximate surface area is 126 Å². The van der Waals surface area contributed by atoms with Gasteiger partial charge in [0.1, 0.15) is 5.01 Å². The third-order valence-electron chi connectivity index (χ3n) is 3.30. The fourth-order valence-electron chi connectivity index (χ4n) is 2.20. The van der Waals surface area contributed by atoms with E-state index in [1.165, 1.54) is 16.7 Å². The molecule has 1 fully saturated rings. The number of urea groups is 1. The lowest BCUT2D eigenvalue weighted by Gasteiger charge is -2.27. The van der Waals surface area contributed by atoms with Gasteiger partial charge in [0.05, 0.1) is 13.2 Å². The zero-order valence-electron chi connectivity index (χ0n) is 11.9. The lowest BCUT2D eigenvalue weighted by atomic mass is 10.0. The molecule has 1 saturated heterocycles. The predicted octanol–water partition coefficient (Wildman–Crippen LogP) is 1.41. The third kappa shape index (κ3) is 4.68. The highest BCUT2D eigenvalue weighted by Gasteiger charge is 2.19. The fourth-order valence-corrected chi connectivity index (χ4v) is 2.91. The first-order valence-corrected chi connectivity index (χ1v) is 7.68. The monoisotopic (exact) mass is 313 g/mol. The molecule has 1 unspecified atom stereocenters. The van der Waals surface area contributed by atoms with E-state index in [1.807, 2.05) is 0 Å². The summed E-state index contributed by atoms with van der Waals surface area (Å²) in [5.74, 6) is -0.675. The molecule has 116 valence electrons. The average molecular weight is 313 g/mol. The number of aromatic nitrogens is 1. The molecule has 0 saturated carbocycles. The molecule has 2 amide bonds. The van der Waals surface area contributed by atoms with Gasteiger partial charge in [0.25, 0.3) is 0 Å². The summed E-state index contributed by atoms with van der Waals surface area (Å²) < 4.78 is 5.39. The van der Waals surface area contributed by atoms with E-state index in [-0.39, 0.29) is 18.3 Å². The van der Waals surface area contributed by atoms with Crippen LogP contribution in [-0.4, -0.2) is 53.8 Å². The molecule has 1 atom stereocenters. The number of nitrogens with one attached hydrogen (secondary N) is 1. The Morgan fingerprint density at radius 1 is 1.62 bits per heavy atom. The second-order valence-corrected chi connectivity index (χ2v) is 6.00. The van der Waals surface area contributed by atoms with Crippen LogP contribution in [0.4, 0.5) is 4.79 Å². The highest BCUT2D eigenvalue weighted by molar-refractivity contribution is 7.09. The SMILES string of the molecule is CN(CC1CCCOC1)C(=O)NCc1nc(C(=O)O)cs1. The molecule has 1 aromatic rings. The molecule has 8 heteroatoms. The summed E-state index contributed by atoms with van der Waals surface area (Å²) in [7, 11) is 1.74. The van der Waals surface area contributed by atoms with Gasteiger partial charge in [-0.1, -0.05) is 0 Å². The quantitative estimate of drug-likeness (QED) is 0.857. The zero-order chi connectivity index (χ0) is 15.2. The van der Waals surface area contributed by atoms with Gasteiger partial charge in [-0.2, -0.15) is 0 Å². The van der Waals surface area contributed by atoms with E-state index in [4.69, 9.17) is 9.84 Å². The van der Waals surface area contributed by atoms with Gasteiger partial charge in [0.15, 0.2) is 5.69 Å². The van der Waals surface area contributed by atoms with Crippen molar-refractivity contribution in [1.29, 1.82) is 0 Å². The molecule has 1 aliphatic rings. The van der Waals surface area contributed by atoms with Crippen LogP contribution in [0.3, 0.4) is 0 Å². The van der Waals surface area contributed by atoms with Crippen molar-refractivity contribution in [3.8, 4) is 0 Å². The molecule has 2 rings (SSSR count). The molecule has 0 bridgehead atoms. The molecule has 1 aliphatic heterocycles. The Morgan fingerprint density at radius 2 is 2.43 bits per heavy atom. The Hall–Kier alpha value is -1.67. The molecule has 21 heavy (non-hydrogen) atoms. The standard InChI is InChI=1S/C13H19N3O4S/c1-16(6-9-3-2-4-20-7-9)13(19)14-5-11-15-10(8-21-11)12(17)18/h8-9H,2-7H2,1H3,(H,14,19)(H,17,18). The first-order valence-electron chi connectivity index (χ1n) is 6.80. The maximum absolute atomic E-state index is 12.0. The van der Waals surface area contributed by atoms with Gasteiger partial charge in [0.2, 0.25) is 0 Å². The molecule has 0 aromatic carbocycles. The highest BCUT2D eigenvalue weighted by atomic mass is 32.1. The molecular formula is C13H19N3O4S. The minimum absolute atomic E-state index is 0.0111. The lowest BCUT2D eigenvalue weighted by Crippen LogP contribution is -2.41. The summed E-state index contributed by atoms with van der Waals surface area (Å²) in [4.78, 5) is 28.2. The van der Waals surface area contributed by atoms with Crippen molar-refractivity contribution in [3.05, 3.63) is 16.1 Å². The van der Waals surface area contributed by atoms with Crippen molar-refractivity contribution in [1.82, 2.24) is 15.2 Å². The number of hydrogen-bond donors (Lipinski definition) is 2. The first-order chi connectivity index (χ1) is 10.1. The summed E-state index contributed by atoms with van der Waals surface area (Å²) in [5, 5.41) is 13.6. The lowest BCUT2D eigenvalue weighted by molar-refractivity contribution is 0.0457. The van der Waals surface area contributed by atoms with Gasteiger partial charge in [-0.3, -0.25) is 0 Å². The first kappa shape index (κ1) is 15.7. The van der Waals surface area contributed by atoms with Gasteiger partial charge in [-0.15, -0.1) is 11.3 Å². The normalized spacial score (nSPS) is 18.2. The van der Waals surface area contributed by atoms with Gasteiger partial charge in [-0.25, -0.2) is 14.6 Å². The molecule has 2 heterocycles. The minimum Gasteiger partial charge on any atom is -0.476 e. The number of nitrogens with zero attached hydrogens (tertiary/aromatic N) is 2. The number of thiazole rings is 1. The number of amides is 2. The predicted molar refractivity (Wildman–Crippen MR) is 77.5 cm³/mol. The number of rotatable bonds is 5. The number of carbonyl (C=O) groups is 2. The number of carbonyl (C=O) groups excluding carboxylic acids is 1. The van der Waals surface area contributed by atoms with E-state index in [0.717, 1.165) is 19.4 Å². The van der Waals surface area contributed by atoms with Crippen molar-refractivity contribution in [2.45, 2.75) is 19.4 Å². The molecule has 0 aliphatic carbocycles. The summed E-state index contributed by atoms with van der Waals surface area (Å²) in [6.45, 7) is 2.40. The molecule has 2 N–H and O–H groups in total. The maximum atomic E-state index is 12.0. The minimum atomic E-state index is -1.06. The van der Waals surface area contributed by atoms with Gasteiger partial charge in [-0.05, 0) is 12.8 Å². The Balaban J connectivity index is 1.76. The van der Waals surface area contributed by atoms with Crippen LogP contribution in [0.1, 0.15) is 28.3 Å². The van der Waals surface area contributed by atoms with Crippen LogP contribution >= 0.6 is 11.3 Å². The fraction of sp³-hybridized carbons (Fsp3) is 0.615. The van der Waals surface area contributed by atoms with Crippen LogP contribution in [0.2, 0.25) is 0 Å². The topological polar surface area (TPSA) is 91.8 Å². The number of carboxylic acid groups (broad SMARTS) is 1. The van der Waals surface area contributed by atoms with Crippen LogP contribution in [0, 0.1) is 5.92 Å². The Bertz CT molecular complexity index is 499. The summed E-state index contributed by atoms with van der Waals surface area (Å²) in [6.07, 6.45) is 2.11. The van der Waals surface area contributed by atoms with E-state index in [9.17, 15) is 9.59 Å². The van der Waals surface area contributed by atoms with Gasteiger partial charge >= 0.3 is 12.0 Å². The van der Waals surface area contributed by atoms with Crippen molar-refractivity contribution in [2.24, 2.45) is 5.92 Å². The Kier molecular flexibility index (Phi) is 5.51. The number of carboxylic acids is 1. The highest BCUT2D eigenvalue weighted by Crippen LogP contribution is 2.14. The van der Waals surface area contributed by atoms with Crippen molar-refractivity contribution < 1.29 is 19.4 Å². The molecule has 1 aromatic heterocycles. The second kappa shape index (κ2) is 7.37. The van der Waals surface area contributed by atoms with Crippen LogP contribution in [-0.2, 0) is 11.3 Å². The van der Waals surface area contributed by atoms with E-state index < -0.39 is 5.97 Å². The van der Waals surface area contributed by atoms with Gasteiger partial charge in [0, 0.05) is 31.5 Å². The largest absolute Gasteiger partial charge is 0.476 e. The van der Waals surface area contributed by atoms with E-state index in [0.29, 0.717) is 24.1 Å². The number of aromatic carboxylic acids is 1. The van der Waals surface area contributed by atoms with E-state index in [2.05, 4.69) is 10.3 Å². The zero-order valence-corrected chi connectivity index (χ0v) is 12.7. The van der Waals surface area contributed by atoms with Crippen LogP contribution in [0.5, 0.6) is 0 Å². The number of ether oxygens (including phenoxy) is 1. The molecular weight excluding hydrogens is 294 g/mol. The third-order valence-corrected chi connectivity index (χ3v) is 4.14. The molecule has 0 spiro atoms. The van der Waals surface area contributed by atoms with Crippen LogP contribution in [0.25, 0.3) is 0 Å². The van der Waals surface area contributed by atoms with E-state index in [1.54, 1.807) is 11.9 Å². The van der Waals surface area contributed by atoms with Crippen LogP contribution in [0.15, 0.2) is 5.38 Å². The van der Waals surface area contributed by atoms with E-state index >= 15 is 0 Å². The smallest absolute Gasteiger partial charge is 0.355 e. The summed E-state index contributed by atoms with van der Waals surface area (Å²) in [6, 6.07) is -0.187. The van der Waals surface area contributed by atoms with Crippen LogP contribution < -0.4 is 5.32 Å². The van der Waals surface area contributed by atoms with Gasteiger partial charge < -0.3 is 20.1 Å². The molecule has 0 radical (unpaired) electrons. The van der Waals surface area contributed by atoms with Crippen molar-refractivity contribution >= 4 is 23.3 Å². The number of hydrogen-bond acceptors (Lipinski definition) is 5.